The van der Waals surface area contributed by atoms with Gasteiger partial charge in [0.05, 0.1) is 6.04 Å². The van der Waals surface area contributed by atoms with Gasteiger partial charge >= 0.3 is 0 Å². The maximum atomic E-state index is 4.04. The van der Waals surface area contributed by atoms with Crippen LogP contribution in [0.25, 0.3) is 0 Å². The molecule has 1 unspecified atom stereocenters. The lowest BCUT2D eigenvalue weighted by molar-refractivity contribution is 0.600. The summed E-state index contributed by atoms with van der Waals surface area (Å²) >= 11 is 0. The zero-order valence-electron chi connectivity index (χ0n) is 9.76. The van der Waals surface area contributed by atoms with Gasteiger partial charge in [0, 0.05) is 18.1 Å². The summed E-state index contributed by atoms with van der Waals surface area (Å²) in [6.45, 7) is 0. The minimum absolute atomic E-state index is 0.447. The number of aromatic nitrogens is 1. The first-order chi connectivity index (χ1) is 8.43. The smallest absolute Gasteiger partial charge is 0.0516 e. The molecular weight excluding hydrogens is 208 g/mol. The van der Waals surface area contributed by atoms with Crippen molar-refractivity contribution >= 4 is 5.69 Å². The summed E-state index contributed by atoms with van der Waals surface area (Å²) in [4.78, 5) is 4.04. The van der Waals surface area contributed by atoms with Crippen LogP contribution in [0.3, 0.4) is 0 Å². The monoisotopic (exact) mass is 224 g/mol. The highest BCUT2D eigenvalue weighted by atomic mass is 14.9. The summed E-state index contributed by atoms with van der Waals surface area (Å²) in [5, 5.41) is 3.60. The third kappa shape index (κ3) is 2.16. The quantitative estimate of drug-likeness (QED) is 0.843. The van der Waals surface area contributed by atoms with Crippen molar-refractivity contribution in [2.75, 3.05) is 5.32 Å². The number of hydrogen-bond acceptors (Lipinski definition) is 2. The van der Waals surface area contributed by atoms with Crippen molar-refractivity contribution in [3.05, 3.63) is 59.9 Å². The summed E-state index contributed by atoms with van der Waals surface area (Å²) in [5.41, 5.74) is 4.10. The molecule has 1 atom stereocenters. The predicted octanol–water partition coefficient (Wildman–Crippen LogP) is 3.57. The Hall–Kier alpha value is -1.83. The molecule has 2 heteroatoms. The average molecular weight is 224 g/mol. The lowest BCUT2D eigenvalue weighted by atomic mass is 9.87. The van der Waals surface area contributed by atoms with Crippen molar-refractivity contribution in [2.45, 2.75) is 25.3 Å². The predicted molar refractivity (Wildman–Crippen MR) is 70.0 cm³/mol. The van der Waals surface area contributed by atoms with Crippen molar-refractivity contribution in [2.24, 2.45) is 0 Å². The Morgan fingerprint density at radius 3 is 2.76 bits per heavy atom. The average Bonchev–Trinajstić information content (AvgIpc) is 2.40. The SMILES string of the molecule is c1ccc2c(c1)CCCC2Nc1ccncc1. The van der Waals surface area contributed by atoms with E-state index in [1.165, 1.54) is 30.4 Å². The second-order valence-electron chi connectivity index (χ2n) is 4.52. The number of fused-ring (bicyclic) bond motifs is 1. The van der Waals surface area contributed by atoms with Crippen molar-refractivity contribution < 1.29 is 0 Å². The second-order valence-corrected chi connectivity index (χ2v) is 4.52. The fourth-order valence-corrected chi connectivity index (χ4v) is 2.55. The molecule has 0 saturated carbocycles. The maximum absolute atomic E-state index is 4.04. The molecule has 0 saturated heterocycles. The largest absolute Gasteiger partial charge is 0.378 e. The number of pyridine rings is 1. The second kappa shape index (κ2) is 4.58. The van der Waals surface area contributed by atoms with E-state index in [9.17, 15) is 0 Å². The normalized spacial score (nSPS) is 18.5. The van der Waals surface area contributed by atoms with Crippen molar-refractivity contribution in [1.82, 2.24) is 4.98 Å². The van der Waals surface area contributed by atoms with Crippen LogP contribution in [0.2, 0.25) is 0 Å². The minimum Gasteiger partial charge on any atom is -0.378 e. The van der Waals surface area contributed by atoms with Gasteiger partial charge in [-0.1, -0.05) is 24.3 Å². The molecule has 2 aromatic rings. The van der Waals surface area contributed by atoms with Crippen LogP contribution in [-0.4, -0.2) is 4.98 Å². The van der Waals surface area contributed by atoms with E-state index in [4.69, 9.17) is 0 Å². The molecule has 0 bridgehead atoms. The molecule has 0 amide bonds. The number of rotatable bonds is 2. The molecule has 1 heterocycles. The first-order valence-corrected chi connectivity index (χ1v) is 6.18. The number of benzene rings is 1. The minimum atomic E-state index is 0.447. The Morgan fingerprint density at radius 1 is 1.06 bits per heavy atom. The summed E-state index contributed by atoms with van der Waals surface area (Å²) in [7, 11) is 0. The highest BCUT2D eigenvalue weighted by Crippen LogP contribution is 2.31. The first kappa shape index (κ1) is 10.3. The maximum Gasteiger partial charge on any atom is 0.0516 e. The standard InChI is InChI=1S/C15H16N2/c1-2-6-14-12(4-1)5-3-7-15(14)17-13-8-10-16-11-9-13/h1-2,4,6,8-11,15H,3,5,7H2,(H,16,17). The molecular formula is C15H16N2. The molecule has 2 nitrogen and oxygen atoms in total. The molecule has 1 aromatic heterocycles. The van der Waals surface area contributed by atoms with Gasteiger partial charge in [-0.15, -0.1) is 0 Å². The molecule has 86 valence electrons. The van der Waals surface area contributed by atoms with Crippen LogP contribution >= 0.6 is 0 Å². The zero-order valence-corrected chi connectivity index (χ0v) is 9.76. The van der Waals surface area contributed by atoms with Gasteiger partial charge in [0.2, 0.25) is 0 Å². The molecule has 0 spiro atoms. The van der Waals surface area contributed by atoms with Crippen LogP contribution in [0.4, 0.5) is 5.69 Å². The molecule has 3 rings (SSSR count). The highest BCUT2D eigenvalue weighted by molar-refractivity contribution is 5.45. The van der Waals surface area contributed by atoms with E-state index in [0.29, 0.717) is 6.04 Å². The summed E-state index contributed by atoms with van der Waals surface area (Å²) < 4.78 is 0. The lowest BCUT2D eigenvalue weighted by Crippen LogP contribution is -2.17. The van der Waals surface area contributed by atoms with Gasteiger partial charge in [0.15, 0.2) is 0 Å². The van der Waals surface area contributed by atoms with Gasteiger partial charge < -0.3 is 5.32 Å². The van der Waals surface area contributed by atoms with Crippen LogP contribution in [0.1, 0.15) is 30.0 Å². The summed E-state index contributed by atoms with van der Waals surface area (Å²) in [6.07, 6.45) is 7.35. The number of aryl methyl sites for hydroxylation is 1. The van der Waals surface area contributed by atoms with Gasteiger partial charge in [-0.05, 0) is 42.5 Å². The third-order valence-electron chi connectivity index (χ3n) is 3.39. The Morgan fingerprint density at radius 2 is 1.88 bits per heavy atom. The fourth-order valence-electron chi connectivity index (χ4n) is 2.55. The van der Waals surface area contributed by atoms with Gasteiger partial charge in [-0.25, -0.2) is 0 Å². The van der Waals surface area contributed by atoms with Gasteiger partial charge in [-0.2, -0.15) is 0 Å². The van der Waals surface area contributed by atoms with E-state index >= 15 is 0 Å². The highest BCUT2D eigenvalue weighted by Gasteiger charge is 2.19. The molecule has 0 fully saturated rings. The van der Waals surface area contributed by atoms with Crippen LogP contribution in [0, 0.1) is 0 Å². The van der Waals surface area contributed by atoms with Crippen LogP contribution < -0.4 is 5.32 Å². The van der Waals surface area contributed by atoms with Crippen LogP contribution in [0.5, 0.6) is 0 Å². The summed E-state index contributed by atoms with van der Waals surface area (Å²) in [6, 6.07) is 13.2. The molecule has 0 aliphatic heterocycles. The van der Waals surface area contributed by atoms with Crippen LogP contribution in [-0.2, 0) is 6.42 Å². The first-order valence-electron chi connectivity index (χ1n) is 6.18. The Labute approximate surface area is 102 Å². The number of hydrogen-bond donors (Lipinski definition) is 1. The van der Waals surface area contributed by atoms with E-state index in [-0.39, 0.29) is 0 Å². The number of nitrogens with one attached hydrogen (secondary N) is 1. The van der Waals surface area contributed by atoms with E-state index < -0.39 is 0 Å². The van der Waals surface area contributed by atoms with Gasteiger partial charge in [0.1, 0.15) is 0 Å². The van der Waals surface area contributed by atoms with Crippen molar-refractivity contribution in [1.29, 1.82) is 0 Å². The van der Waals surface area contributed by atoms with Gasteiger partial charge in [-0.3, -0.25) is 4.98 Å². The van der Waals surface area contributed by atoms with E-state index in [2.05, 4.69) is 34.6 Å². The van der Waals surface area contributed by atoms with Crippen LogP contribution in [0.15, 0.2) is 48.8 Å². The van der Waals surface area contributed by atoms with Gasteiger partial charge in [0.25, 0.3) is 0 Å². The van der Waals surface area contributed by atoms with E-state index in [0.717, 1.165) is 5.69 Å². The van der Waals surface area contributed by atoms with E-state index in [1.807, 2.05) is 24.5 Å². The fraction of sp³-hybridized carbons (Fsp3) is 0.267. The molecule has 1 N–H and O–H groups in total. The Kier molecular flexibility index (Phi) is 2.78. The number of nitrogens with zero attached hydrogens (tertiary/aromatic N) is 1. The number of anilines is 1. The zero-order chi connectivity index (χ0) is 11.5. The van der Waals surface area contributed by atoms with Crippen molar-refractivity contribution in [3.8, 4) is 0 Å². The topological polar surface area (TPSA) is 24.9 Å². The summed E-state index contributed by atoms with van der Waals surface area (Å²) in [5.74, 6) is 0. The lowest BCUT2D eigenvalue weighted by Gasteiger charge is -2.27. The van der Waals surface area contributed by atoms with E-state index in [1.54, 1.807) is 0 Å². The molecule has 1 aliphatic rings. The van der Waals surface area contributed by atoms with Crippen molar-refractivity contribution in [3.63, 3.8) is 0 Å². The molecule has 17 heavy (non-hydrogen) atoms. The molecule has 1 aliphatic carbocycles. The Bertz CT molecular complexity index is 493. The third-order valence-corrected chi connectivity index (χ3v) is 3.39. The Balaban J connectivity index is 1.86. The molecule has 1 aromatic carbocycles. The molecule has 0 radical (unpaired) electrons.